The number of nitro groups is 1. The molecule has 0 bridgehead atoms. The molecule has 7 heteroatoms. The third-order valence-electron chi connectivity index (χ3n) is 4.54. The zero-order valence-electron chi connectivity index (χ0n) is 16.5. The summed E-state index contributed by atoms with van der Waals surface area (Å²) >= 11 is 0. The van der Waals surface area contributed by atoms with Gasteiger partial charge in [-0.2, -0.15) is 5.26 Å². The molecule has 150 valence electrons. The van der Waals surface area contributed by atoms with Gasteiger partial charge in [-0.25, -0.2) is 0 Å². The summed E-state index contributed by atoms with van der Waals surface area (Å²) in [6, 6.07) is 18.9. The number of amides is 1. The van der Waals surface area contributed by atoms with Crippen LogP contribution in [0, 0.1) is 28.4 Å². The Morgan fingerprint density at radius 2 is 1.93 bits per heavy atom. The Morgan fingerprint density at radius 3 is 2.60 bits per heavy atom. The largest absolute Gasteiger partial charge is 0.456 e. The fraction of sp³-hybridized carbons (Fsp3) is 0.130. The zero-order valence-corrected chi connectivity index (χ0v) is 16.5. The van der Waals surface area contributed by atoms with Gasteiger partial charge >= 0.3 is 0 Å². The number of furan rings is 1. The minimum Gasteiger partial charge on any atom is -0.456 e. The highest BCUT2D eigenvalue weighted by Crippen LogP contribution is 2.32. The lowest BCUT2D eigenvalue weighted by Crippen LogP contribution is -2.27. The molecule has 0 radical (unpaired) electrons. The van der Waals surface area contributed by atoms with E-state index in [2.05, 4.69) is 5.32 Å². The molecule has 3 aromatic rings. The average Bonchev–Trinajstić information content (AvgIpc) is 3.20. The van der Waals surface area contributed by atoms with Crippen LogP contribution < -0.4 is 5.32 Å². The van der Waals surface area contributed by atoms with Gasteiger partial charge in [0.25, 0.3) is 11.6 Å². The normalized spacial score (nSPS) is 12.1. The predicted molar refractivity (Wildman–Crippen MR) is 112 cm³/mol. The van der Waals surface area contributed by atoms with E-state index in [4.69, 9.17) is 4.42 Å². The van der Waals surface area contributed by atoms with Gasteiger partial charge in [-0.05, 0) is 43.2 Å². The van der Waals surface area contributed by atoms with Gasteiger partial charge in [-0.3, -0.25) is 14.9 Å². The molecule has 1 atom stereocenters. The van der Waals surface area contributed by atoms with Crippen molar-refractivity contribution in [1.82, 2.24) is 5.32 Å². The van der Waals surface area contributed by atoms with Gasteiger partial charge in [0.05, 0.1) is 16.5 Å². The van der Waals surface area contributed by atoms with Gasteiger partial charge in [0.1, 0.15) is 23.2 Å². The second kappa shape index (κ2) is 8.88. The first-order valence-corrected chi connectivity index (χ1v) is 9.22. The Labute approximate surface area is 173 Å². The van der Waals surface area contributed by atoms with E-state index in [1.54, 1.807) is 31.2 Å². The van der Waals surface area contributed by atoms with Crippen molar-refractivity contribution >= 4 is 17.7 Å². The first kappa shape index (κ1) is 20.6. The van der Waals surface area contributed by atoms with Crippen LogP contribution in [0.25, 0.3) is 17.4 Å². The summed E-state index contributed by atoms with van der Waals surface area (Å²) in [5, 5.41) is 23.5. The summed E-state index contributed by atoms with van der Waals surface area (Å²) in [7, 11) is 0. The maximum atomic E-state index is 12.5. The van der Waals surface area contributed by atoms with Crippen LogP contribution in [-0.2, 0) is 4.79 Å². The van der Waals surface area contributed by atoms with E-state index in [9.17, 15) is 20.2 Å². The molecule has 0 aliphatic rings. The molecule has 0 spiro atoms. The molecule has 0 aliphatic heterocycles. The fourth-order valence-electron chi connectivity index (χ4n) is 2.97. The van der Waals surface area contributed by atoms with Gasteiger partial charge in [-0.1, -0.05) is 36.4 Å². The van der Waals surface area contributed by atoms with E-state index in [0.717, 1.165) is 11.1 Å². The monoisotopic (exact) mass is 401 g/mol. The summed E-state index contributed by atoms with van der Waals surface area (Å²) in [5.41, 5.74) is 1.79. The van der Waals surface area contributed by atoms with Crippen LogP contribution in [0.4, 0.5) is 5.69 Å². The third kappa shape index (κ3) is 4.62. The highest BCUT2D eigenvalue weighted by molar-refractivity contribution is 6.01. The van der Waals surface area contributed by atoms with Crippen molar-refractivity contribution in [2.24, 2.45) is 0 Å². The third-order valence-corrected chi connectivity index (χ3v) is 4.54. The van der Waals surface area contributed by atoms with E-state index < -0.39 is 10.8 Å². The highest BCUT2D eigenvalue weighted by atomic mass is 16.6. The van der Waals surface area contributed by atoms with Crippen molar-refractivity contribution in [2.45, 2.75) is 19.9 Å². The van der Waals surface area contributed by atoms with Crippen molar-refractivity contribution in [3.8, 4) is 17.4 Å². The molecule has 2 aromatic carbocycles. The molecule has 7 nitrogen and oxygen atoms in total. The summed E-state index contributed by atoms with van der Waals surface area (Å²) in [6.45, 7) is 3.59. The molecular formula is C23H19N3O4. The molecule has 1 aromatic heterocycles. The second-order valence-electron chi connectivity index (χ2n) is 6.76. The summed E-state index contributed by atoms with van der Waals surface area (Å²) in [5.74, 6) is -0.00430. The maximum absolute atomic E-state index is 12.5. The Balaban J connectivity index is 1.83. The van der Waals surface area contributed by atoms with Crippen molar-refractivity contribution in [2.75, 3.05) is 0 Å². The van der Waals surface area contributed by atoms with Gasteiger partial charge in [0, 0.05) is 12.1 Å². The molecule has 0 saturated heterocycles. The Kier molecular flexibility index (Phi) is 6.08. The Bertz CT molecular complexity index is 1160. The van der Waals surface area contributed by atoms with Crippen LogP contribution in [0.5, 0.6) is 0 Å². The standard InChI is InChI=1S/C23H19N3O4/c1-15-8-10-20(21(12-15)26(28)29)22-11-9-19(30-22)13-18(14-24)23(27)25-16(2)17-6-4-3-5-7-17/h3-13,16H,1-2H3,(H,25,27). The first-order valence-electron chi connectivity index (χ1n) is 9.22. The number of nitrogens with zero attached hydrogens (tertiary/aromatic N) is 2. The van der Waals surface area contributed by atoms with E-state index in [0.29, 0.717) is 5.56 Å². The maximum Gasteiger partial charge on any atom is 0.280 e. The minimum absolute atomic E-state index is 0.0742. The van der Waals surface area contributed by atoms with Gasteiger partial charge < -0.3 is 9.73 Å². The number of hydrogen-bond donors (Lipinski definition) is 1. The number of benzene rings is 2. The van der Waals surface area contributed by atoms with Crippen molar-refractivity contribution in [1.29, 1.82) is 5.26 Å². The molecule has 1 heterocycles. The Morgan fingerprint density at radius 1 is 1.20 bits per heavy atom. The second-order valence-corrected chi connectivity index (χ2v) is 6.76. The van der Waals surface area contributed by atoms with Crippen molar-refractivity contribution in [3.05, 3.63) is 93.2 Å². The number of nitrogens with one attached hydrogen (secondary N) is 1. The smallest absolute Gasteiger partial charge is 0.280 e. The quantitative estimate of drug-likeness (QED) is 0.272. The van der Waals surface area contributed by atoms with Crippen molar-refractivity contribution in [3.63, 3.8) is 0 Å². The highest BCUT2D eigenvalue weighted by Gasteiger charge is 2.19. The number of nitro benzene ring substituents is 1. The topological polar surface area (TPSA) is 109 Å². The van der Waals surface area contributed by atoms with E-state index in [-0.39, 0.29) is 28.8 Å². The predicted octanol–water partition coefficient (Wildman–Crippen LogP) is 4.95. The van der Waals surface area contributed by atoms with Crippen LogP contribution in [-0.4, -0.2) is 10.8 Å². The zero-order chi connectivity index (χ0) is 21.7. The SMILES string of the molecule is Cc1ccc(-c2ccc(C=C(C#N)C(=O)NC(C)c3ccccc3)o2)c([N+](=O)[O-])c1. The number of carbonyl (C=O) groups is 1. The molecule has 3 rings (SSSR count). The number of hydrogen-bond acceptors (Lipinski definition) is 5. The summed E-state index contributed by atoms with van der Waals surface area (Å²) < 4.78 is 5.66. The lowest BCUT2D eigenvalue weighted by Gasteiger charge is -2.13. The lowest BCUT2D eigenvalue weighted by atomic mass is 10.1. The van der Waals surface area contributed by atoms with E-state index >= 15 is 0 Å². The van der Waals surface area contributed by atoms with Crippen molar-refractivity contribution < 1.29 is 14.1 Å². The fourth-order valence-corrected chi connectivity index (χ4v) is 2.97. The molecule has 0 fully saturated rings. The minimum atomic E-state index is -0.534. The molecule has 0 aliphatic carbocycles. The van der Waals surface area contributed by atoms with Gasteiger partial charge in [-0.15, -0.1) is 0 Å². The van der Waals surface area contributed by atoms with Gasteiger partial charge in [0.15, 0.2) is 0 Å². The number of nitriles is 1. The Hall–Kier alpha value is -4.18. The van der Waals surface area contributed by atoms with E-state index in [1.165, 1.54) is 12.1 Å². The molecular weight excluding hydrogens is 382 g/mol. The number of carbonyl (C=O) groups excluding carboxylic acids is 1. The van der Waals surface area contributed by atoms with Crippen LogP contribution in [0.15, 0.2) is 70.7 Å². The molecule has 0 saturated carbocycles. The summed E-state index contributed by atoms with van der Waals surface area (Å²) in [4.78, 5) is 23.4. The molecule has 1 amide bonds. The first-order chi connectivity index (χ1) is 14.4. The molecule has 1 N–H and O–H groups in total. The number of aryl methyl sites for hydroxylation is 1. The number of rotatable bonds is 6. The average molecular weight is 401 g/mol. The van der Waals surface area contributed by atoms with Crippen LogP contribution in [0.1, 0.15) is 29.9 Å². The van der Waals surface area contributed by atoms with Gasteiger partial charge in [0.2, 0.25) is 0 Å². The van der Waals surface area contributed by atoms with Crippen LogP contribution >= 0.6 is 0 Å². The van der Waals surface area contributed by atoms with Crippen LogP contribution in [0.3, 0.4) is 0 Å². The molecule has 1 unspecified atom stereocenters. The van der Waals surface area contributed by atoms with E-state index in [1.807, 2.05) is 43.3 Å². The lowest BCUT2D eigenvalue weighted by molar-refractivity contribution is -0.384. The van der Waals surface area contributed by atoms with Crippen LogP contribution in [0.2, 0.25) is 0 Å². The summed E-state index contributed by atoms with van der Waals surface area (Å²) in [6.07, 6.45) is 1.32. The molecule has 30 heavy (non-hydrogen) atoms.